The highest BCUT2D eigenvalue weighted by Gasteiger charge is 2.29. The summed E-state index contributed by atoms with van der Waals surface area (Å²) in [6.45, 7) is 4.73. The van der Waals surface area contributed by atoms with Gasteiger partial charge >= 0.3 is 5.97 Å². The minimum atomic E-state index is -3.53. The van der Waals surface area contributed by atoms with E-state index in [-0.39, 0.29) is 5.56 Å². The molecule has 0 radical (unpaired) electrons. The van der Waals surface area contributed by atoms with Crippen LogP contribution in [0.1, 0.15) is 31.1 Å². The summed E-state index contributed by atoms with van der Waals surface area (Å²) < 4.78 is 25.8. The second-order valence-corrected chi connectivity index (χ2v) is 8.01. The van der Waals surface area contributed by atoms with E-state index in [1.807, 2.05) is 0 Å². The molecular weight excluding hydrogens is 322 g/mol. The van der Waals surface area contributed by atoms with Crippen LogP contribution in [0.3, 0.4) is 0 Å². The zero-order chi connectivity index (χ0) is 14.1. The van der Waals surface area contributed by atoms with Gasteiger partial charge < -0.3 is 5.11 Å². The lowest BCUT2D eigenvalue weighted by Crippen LogP contribution is -2.33. The number of carboxylic acids is 1. The standard InChI is InChI=1S/C11H14BrNO4S/c1-11(2,3)18(16,17)13-9-5-4-7(10(14)15)6-8(9)12/h4-6,13H,1-3H3,(H,14,15). The van der Waals surface area contributed by atoms with Gasteiger partial charge in [0.1, 0.15) is 0 Å². The molecule has 0 heterocycles. The summed E-state index contributed by atoms with van der Waals surface area (Å²) in [6.07, 6.45) is 0. The van der Waals surface area contributed by atoms with Crippen LogP contribution in [0.2, 0.25) is 0 Å². The van der Waals surface area contributed by atoms with Crippen LogP contribution < -0.4 is 4.72 Å². The molecule has 7 heteroatoms. The quantitative estimate of drug-likeness (QED) is 0.889. The third kappa shape index (κ3) is 3.23. The monoisotopic (exact) mass is 335 g/mol. The van der Waals surface area contributed by atoms with Gasteiger partial charge in [0, 0.05) is 4.47 Å². The third-order valence-corrected chi connectivity index (χ3v) is 5.02. The smallest absolute Gasteiger partial charge is 0.335 e. The molecule has 0 saturated heterocycles. The van der Waals surface area contributed by atoms with E-state index in [9.17, 15) is 13.2 Å². The minimum Gasteiger partial charge on any atom is -0.478 e. The first-order chi connectivity index (χ1) is 8.04. The highest BCUT2D eigenvalue weighted by Crippen LogP contribution is 2.27. The number of hydrogen-bond acceptors (Lipinski definition) is 3. The summed E-state index contributed by atoms with van der Waals surface area (Å²) in [6, 6.07) is 4.10. The van der Waals surface area contributed by atoms with E-state index >= 15 is 0 Å². The summed E-state index contributed by atoms with van der Waals surface area (Å²) in [5.41, 5.74) is 0.399. The average Bonchev–Trinajstić information content (AvgIpc) is 2.18. The molecule has 0 unspecified atom stereocenters. The number of hydrogen-bond donors (Lipinski definition) is 2. The highest BCUT2D eigenvalue weighted by molar-refractivity contribution is 9.10. The molecule has 0 aliphatic rings. The first kappa shape index (κ1) is 15.0. The predicted molar refractivity (Wildman–Crippen MR) is 73.4 cm³/mol. The molecule has 0 aliphatic heterocycles. The summed E-state index contributed by atoms with van der Waals surface area (Å²) in [7, 11) is -3.53. The summed E-state index contributed by atoms with van der Waals surface area (Å²) >= 11 is 3.14. The van der Waals surface area contributed by atoms with Crippen molar-refractivity contribution in [3.8, 4) is 0 Å². The lowest BCUT2D eigenvalue weighted by atomic mass is 10.2. The van der Waals surface area contributed by atoms with Crippen LogP contribution in [0.4, 0.5) is 5.69 Å². The molecule has 18 heavy (non-hydrogen) atoms. The van der Waals surface area contributed by atoms with E-state index in [0.717, 1.165) is 0 Å². The van der Waals surface area contributed by atoms with Crippen molar-refractivity contribution < 1.29 is 18.3 Å². The number of nitrogens with one attached hydrogen (secondary N) is 1. The van der Waals surface area contributed by atoms with Gasteiger partial charge in [-0.1, -0.05) is 0 Å². The molecule has 1 aromatic rings. The van der Waals surface area contributed by atoms with Gasteiger partial charge in [0.2, 0.25) is 10.0 Å². The Balaban J connectivity index is 3.11. The van der Waals surface area contributed by atoms with Crippen molar-refractivity contribution in [3.05, 3.63) is 28.2 Å². The molecule has 1 aromatic carbocycles. The van der Waals surface area contributed by atoms with Crippen molar-refractivity contribution in [1.29, 1.82) is 0 Å². The Bertz CT molecular complexity index is 575. The lowest BCUT2D eigenvalue weighted by molar-refractivity contribution is 0.0697. The molecular formula is C11H14BrNO4S. The van der Waals surface area contributed by atoms with Crippen molar-refractivity contribution in [2.45, 2.75) is 25.5 Å². The van der Waals surface area contributed by atoms with E-state index in [1.165, 1.54) is 18.2 Å². The van der Waals surface area contributed by atoms with Crippen LogP contribution in [0, 0.1) is 0 Å². The molecule has 100 valence electrons. The molecule has 0 atom stereocenters. The minimum absolute atomic E-state index is 0.0839. The fourth-order valence-corrected chi connectivity index (χ4v) is 2.41. The predicted octanol–water partition coefficient (Wildman–Crippen LogP) is 2.69. The molecule has 0 saturated carbocycles. The van der Waals surface area contributed by atoms with Gasteiger partial charge in [0.25, 0.3) is 0 Å². The Morgan fingerprint density at radius 2 is 1.89 bits per heavy atom. The van der Waals surface area contributed by atoms with E-state index in [1.54, 1.807) is 20.8 Å². The van der Waals surface area contributed by atoms with E-state index in [2.05, 4.69) is 20.7 Å². The van der Waals surface area contributed by atoms with Crippen molar-refractivity contribution >= 4 is 37.6 Å². The molecule has 0 fully saturated rings. The zero-order valence-corrected chi connectivity index (χ0v) is 12.6. The number of aromatic carboxylic acids is 1. The summed E-state index contributed by atoms with van der Waals surface area (Å²) in [4.78, 5) is 10.7. The number of halogens is 1. The fraction of sp³-hybridized carbons (Fsp3) is 0.364. The first-order valence-corrected chi connectivity index (χ1v) is 7.37. The van der Waals surface area contributed by atoms with Crippen LogP contribution in [0.5, 0.6) is 0 Å². The number of carbonyl (C=O) groups is 1. The van der Waals surface area contributed by atoms with Gasteiger partial charge in [-0.2, -0.15) is 0 Å². The Hall–Kier alpha value is -1.08. The second-order valence-electron chi connectivity index (χ2n) is 4.72. The Labute approximate surface area is 114 Å². The molecule has 0 amide bonds. The number of benzene rings is 1. The molecule has 1 rings (SSSR count). The second kappa shape index (κ2) is 4.89. The summed E-state index contributed by atoms with van der Waals surface area (Å²) in [5, 5.41) is 8.80. The third-order valence-electron chi connectivity index (χ3n) is 2.27. The van der Waals surface area contributed by atoms with Crippen LogP contribution >= 0.6 is 15.9 Å². The maximum atomic E-state index is 11.9. The average molecular weight is 336 g/mol. The molecule has 0 bridgehead atoms. The van der Waals surface area contributed by atoms with Crippen molar-refractivity contribution in [2.75, 3.05) is 4.72 Å². The molecule has 0 aromatic heterocycles. The van der Waals surface area contributed by atoms with Gasteiger partial charge in [0.05, 0.1) is 16.0 Å². The number of rotatable bonds is 3. The lowest BCUT2D eigenvalue weighted by Gasteiger charge is -2.21. The van der Waals surface area contributed by atoms with Crippen LogP contribution in [0.25, 0.3) is 0 Å². The van der Waals surface area contributed by atoms with Gasteiger partial charge in [-0.15, -0.1) is 0 Å². The van der Waals surface area contributed by atoms with Crippen molar-refractivity contribution in [2.24, 2.45) is 0 Å². The Morgan fingerprint density at radius 1 is 1.33 bits per heavy atom. The Kier molecular flexibility index (Phi) is 4.07. The molecule has 0 spiro atoms. The maximum Gasteiger partial charge on any atom is 0.335 e. The maximum absolute atomic E-state index is 11.9. The van der Waals surface area contributed by atoms with Crippen molar-refractivity contribution in [3.63, 3.8) is 0 Å². The molecule has 5 nitrogen and oxygen atoms in total. The van der Waals surface area contributed by atoms with Crippen LogP contribution in [0.15, 0.2) is 22.7 Å². The number of carboxylic acid groups (broad SMARTS) is 1. The van der Waals surface area contributed by atoms with Gasteiger partial charge in [-0.05, 0) is 54.9 Å². The Morgan fingerprint density at radius 3 is 2.28 bits per heavy atom. The molecule has 2 N–H and O–H groups in total. The molecule has 0 aliphatic carbocycles. The van der Waals surface area contributed by atoms with Crippen LogP contribution in [-0.2, 0) is 10.0 Å². The topological polar surface area (TPSA) is 83.5 Å². The highest BCUT2D eigenvalue weighted by atomic mass is 79.9. The largest absolute Gasteiger partial charge is 0.478 e. The van der Waals surface area contributed by atoms with Crippen molar-refractivity contribution in [1.82, 2.24) is 0 Å². The summed E-state index contributed by atoms with van der Waals surface area (Å²) in [5.74, 6) is -1.07. The van der Waals surface area contributed by atoms with Crippen LogP contribution in [-0.4, -0.2) is 24.2 Å². The first-order valence-electron chi connectivity index (χ1n) is 5.10. The SMILES string of the molecule is CC(C)(C)S(=O)(=O)Nc1ccc(C(=O)O)cc1Br. The normalized spacial score (nSPS) is 12.2. The number of sulfonamides is 1. The van der Waals surface area contributed by atoms with Gasteiger partial charge in [-0.25, -0.2) is 13.2 Å². The van der Waals surface area contributed by atoms with E-state index < -0.39 is 20.7 Å². The zero-order valence-electron chi connectivity index (χ0n) is 10.2. The van der Waals surface area contributed by atoms with Gasteiger partial charge in [0.15, 0.2) is 0 Å². The van der Waals surface area contributed by atoms with E-state index in [0.29, 0.717) is 10.2 Å². The fourth-order valence-electron chi connectivity index (χ4n) is 1.03. The number of anilines is 1. The van der Waals surface area contributed by atoms with Gasteiger partial charge in [-0.3, -0.25) is 4.72 Å². The van der Waals surface area contributed by atoms with E-state index in [4.69, 9.17) is 5.11 Å².